The molecule has 0 aliphatic heterocycles. The summed E-state index contributed by atoms with van der Waals surface area (Å²) in [6.07, 6.45) is 1.73. The Kier molecular flexibility index (Phi) is 11.9. The lowest BCUT2D eigenvalue weighted by Crippen LogP contribution is -2.54. The molecule has 0 saturated heterocycles. The molecule has 7 nitrogen and oxygen atoms in total. The second-order valence-corrected chi connectivity index (χ2v) is 10.2. The number of benzene rings is 1. The Hall–Kier alpha value is -2.22. The molecule has 0 heterocycles. The summed E-state index contributed by atoms with van der Waals surface area (Å²) in [6.45, 7) is 15.5. The quantitative estimate of drug-likeness (QED) is 0.390. The molecule has 0 aromatic heterocycles. The van der Waals surface area contributed by atoms with Gasteiger partial charge < -0.3 is 20.3 Å². The van der Waals surface area contributed by atoms with Crippen LogP contribution < -0.4 is 10.6 Å². The molecule has 8 heteroatoms. The molecule has 1 aromatic carbocycles. The fourth-order valence-corrected chi connectivity index (χ4v) is 4.20. The number of carbonyl (C=O) groups is 3. The van der Waals surface area contributed by atoms with Crippen molar-refractivity contribution in [1.82, 2.24) is 15.5 Å². The Morgan fingerprint density at radius 3 is 2.12 bits per heavy atom. The summed E-state index contributed by atoms with van der Waals surface area (Å²) in [4.78, 5) is 41.4. The van der Waals surface area contributed by atoms with Crippen LogP contribution in [0.3, 0.4) is 0 Å². The van der Waals surface area contributed by atoms with Crippen molar-refractivity contribution in [1.29, 1.82) is 0 Å². The van der Waals surface area contributed by atoms with Gasteiger partial charge in [0.25, 0.3) is 0 Å². The predicted molar refractivity (Wildman–Crippen MR) is 140 cm³/mol. The highest BCUT2D eigenvalue weighted by Crippen LogP contribution is 2.29. The average Bonchev–Trinajstić information content (AvgIpc) is 2.71. The number of thiol groups is 1. The molecule has 0 spiro atoms. The first-order valence-corrected chi connectivity index (χ1v) is 12.8. The molecule has 3 unspecified atom stereocenters. The number of hydrogen-bond donors (Lipinski definition) is 3. The van der Waals surface area contributed by atoms with E-state index < -0.39 is 23.8 Å². The van der Waals surface area contributed by atoms with Gasteiger partial charge in [-0.2, -0.15) is 12.6 Å². The van der Waals surface area contributed by atoms with E-state index >= 15 is 0 Å². The van der Waals surface area contributed by atoms with Crippen molar-refractivity contribution < 1.29 is 19.1 Å². The molecule has 0 radical (unpaired) electrons. The van der Waals surface area contributed by atoms with Crippen LogP contribution >= 0.6 is 12.6 Å². The molecule has 1 aromatic rings. The van der Waals surface area contributed by atoms with Crippen LogP contribution in [0.1, 0.15) is 83.5 Å². The zero-order valence-corrected chi connectivity index (χ0v) is 22.9. The molecule has 0 aliphatic carbocycles. The number of hydrogen-bond acceptors (Lipinski definition) is 5. The highest BCUT2D eigenvalue weighted by Gasteiger charge is 2.37. The third-order valence-corrected chi connectivity index (χ3v) is 5.77. The molecular weight excluding hydrogens is 450 g/mol. The summed E-state index contributed by atoms with van der Waals surface area (Å²) in [5.74, 6) is -0.519. The lowest BCUT2D eigenvalue weighted by Gasteiger charge is -2.36. The van der Waals surface area contributed by atoms with Crippen LogP contribution in [0.2, 0.25) is 0 Å². The van der Waals surface area contributed by atoms with Crippen LogP contribution in [-0.2, 0) is 14.3 Å². The summed E-state index contributed by atoms with van der Waals surface area (Å²) < 4.78 is 5.34. The van der Waals surface area contributed by atoms with Gasteiger partial charge >= 0.3 is 6.09 Å². The highest BCUT2D eigenvalue weighted by atomic mass is 32.1. The minimum atomic E-state index is -0.933. The molecule has 192 valence electrons. The molecule has 34 heavy (non-hydrogen) atoms. The van der Waals surface area contributed by atoms with Gasteiger partial charge in [-0.25, -0.2) is 4.79 Å². The van der Waals surface area contributed by atoms with Crippen LogP contribution in [0.4, 0.5) is 4.79 Å². The minimum Gasteiger partial charge on any atom is -0.444 e. The molecule has 3 atom stereocenters. The second kappa shape index (κ2) is 13.6. The van der Waals surface area contributed by atoms with Crippen molar-refractivity contribution in [2.45, 2.75) is 98.4 Å². The van der Waals surface area contributed by atoms with Gasteiger partial charge in [0.15, 0.2) is 0 Å². The van der Waals surface area contributed by atoms with Crippen LogP contribution in [0, 0.1) is 13.8 Å². The van der Waals surface area contributed by atoms with E-state index in [1.807, 2.05) is 45.9 Å². The van der Waals surface area contributed by atoms with Gasteiger partial charge in [0.05, 0.1) is 0 Å². The number of nitrogens with zero attached hydrogens (tertiary/aromatic N) is 1. The molecule has 1 rings (SSSR count). The minimum absolute atomic E-state index is 0.0246. The Bertz CT molecular complexity index is 818. The van der Waals surface area contributed by atoms with Gasteiger partial charge in [-0.1, -0.05) is 38.5 Å². The normalized spacial score (nSPS) is 14.0. The van der Waals surface area contributed by atoms with Crippen LogP contribution in [-0.4, -0.2) is 52.8 Å². The SMILES string of the molecule is CCCC(C)NC(=O)C(c1c(C)cccc1C)N(CCC)C(=O)C(CS)NC(=O)OC(C)(C)C. The lowest BCUT2D eigenvalue weighted by molar-refractivity contribution is -0.142. The highest BCUT2D eigenvalue weighted by molar-refractivity contribution is 7.80. The van der Waals surface area contributed by atoms with Crippen molar-refractivity contribution in [2.75, 3.05) is 12.3 Å². The predicted octanol–water partition coefficient (Wildman–Crippen LogP) is 4.71. The van der Waals surface area contributed by atoms with Gasteiger partial charge in [-0.15, -0.1) is 0 Å². The molecule has 0 aliphatic rings. The van der Waals surface area contributed by atoms with Crippen molar-refractivity contribution in [3.8, 4) is 0 Å². The van der Waals surface area contributed by atoms with E-state index in [4.69, 9.17) is 4.74 Å². The fraction of sp³-hybridized carbons (Fsp3) is 0.654. The number of amides is 3. The number of aryl methyl sites for hydroxylation is 2. The molecule has 3 amide bonds. The Labute approximate surface area is 210 Å². The third kappa shape index (κ3) is 8.85. The topological polar surface area (TPSA) is 87.7 Å². The first kappa shape index (κ1) is 29.8. The van der Waals surface area contributed by atoms with Crippen LogP contribution in [0.15, 0.2) is 18.2 Å². The smallest absolute Gasteiger partial charge is 0.408 e. The molecular formula is C26H43N3O4S. The largest absolute Gasteiger partial charge is 0.444 e. The fourth-order valence-electron chi connectivity index (χ4n) is 3.96. The summed E-state index contributed by atoms with van der Waals surface area (Å²) in [5.41, 5.74) is 1.97. The standard InChI is InChI=1S/C26H43N3O4S/c1-9-12-19(5)27-23(30)22(21-17(3)13-11-14-18(21)4)29(15-10-2)24(31)20(16-34)28-25(32)33-26(6,7)8/h11,13-14,19-20,22,34H,9-10,12,15-16H2,1-8H3,(H,27,30)(H,28,32). The first-order valence-electron chi connectivity index (χ1n) is 12.1. The monoisotopic (exact) mass is 493 g/mol. The average molecular weight is 494 g/mol. The van der Waals surface area contributed by atoms with E-state index in [0.717, 1.165) is 29.5 Å². The van der Waals surface area contributed by atoms with E-state index in [-0.39, 0.29) is 23.6 Å². The van der Waals surface area contributed by atoms with Crippen molar-refractivity contribution in [2.24, 2.45) is 0 Å². The number of carbonyl (C=O) groups excluding carboxylic acids is 3. The van der Waals surface area contributed by atoms with Gasteiger partial charge in [0.2, 0.25) is 11.8 Å². The maximum atomic E-state index is 13.7. The van der Waals surface area contributed by atoms with E-state index in [9.17, 15) is 14.4 Å². The lowest BCUT2D eigenvalue weighted by atomic mass is 9.93. The Morgan fingerprint density at radius 1 is 1.06 bits per heavy atom. The number of ether oxygens (including phenoxy) is 1. The summed E-state index contributed by atoms with van der Waals surface area (Å²) in [6, 6.07) is 4.05. The van der Waals surface area contributed by atoms with E-state index in [2.05, 4.69) is 30.2 Å². The number of rotatable bonds is 11. The maximum Gasteiger partial charge on any atom is 0.408 e. The summed E-state index contributed by atoms with van der Waals surface area (Å²) in [7, 11) is 0. The van der Waals surface area contributed by atoms with Gasteiger partial charge in [-0.3, -0.25) is 9.59 Å². The Balaban J connectivity index is 3.43. The van der Waals surface area contributed by atoms with Crippen molar-refractivity contribution in [3.05, 3.63) is 34.9 Å². The number of alkyl carbamates (subject to hydrolysis) is 1. The molecule has 0 fully saturated rings. The Morgan fingerprint density at radius 2 is 1.65 bits per heavy atom. The first-order chi connectivity index (χ1) is 15.9. The van der Waals surface area contributed by atoms with Crippen molar-refractivity contribution in [3.63, 3.8) is 0 Å². The second-order valence-electron chi connectivity index (χ2n) is 9.82. The van der Waals surface area contributed by atoms with Gasteiger partial charge in [0.1, 0.15) is 17.7 Å². The van der Waals surface area contributed by atoms with Gasteiger partial charge in [-0.05, 0) is 71.1 Å². The van der Waals surface area contributed by atoms with Crippen LogP contribution in [0.25, 0.3) is 0 Å². The molecule has 2 N–H and O–H groups in total. The zero-order valence-electron chi connectivity index (χ0n) is 22.0. The summed E-state index contributed by atoms with van der Waals surface area (Å²) in [5, 5.41) is 5.73. The molecule has 0 saturated carbocycles. The summed E-state index contributed by atoms with van der Waals surface area (Å²) >= 11 is 4.32. The van der Waals surface area contributed by atoms with E-state index in [0.29, 0.717) is 13.0 Å². The van der Waals surface area contributed by atoms with Gasteiger partial charge in [0, 0.05) is 18.3 Å². The van der Waals surface area contributed by atoms with E-state index in [1.165, 1.54) is 0 Å². The molecule has 0 bridgehead atoms. The van der Waals surface area contributed by atoms with Crippen LogP contribution in [0.5, 0.6) is 0 Å². The maximum absolute atomic E-state index is 13.7. The van der Waals surface area contributed by atoms with E-state index in [1.54, 1.807) is 25.7 Å². The number of nitrogens with one attached hydrogen (secondary N) is 2. The van der Waals surface area contributed by atoms with Crippen molar-refractivity contribution >= 4 is 30.5 Å². The third-order valence-electron chi connectivity index (χ3n) is 5.41. The zero-order chi connectivity index (χ0) is 26.1.